The summed E-state index contributed by atoms with van der Waals surface area (Å²) in [5.41, 5.74) is 2.60. The average Bonchev–Trinajstić information content (AvgIpc) is 2.06. The summed E-state index contributed by atoms with van der Waals surface area (Å²) in [6, 6.07) is 0. The van der Waals surface area contributed by atoms with Crippen LogP contribution in [0.5, 0.6) is 0 Å². The molecule has 0 unspecified atom stereocenters. The van der Waals surface area contributed by atoms with Gasteiger partial charge in [0.1, 0.15) is 0 Å². The van der Waals surface area contributed by atoms with E-state index in [-0.39, 0.29) is 6.29 Å². The van der Waals surface area contributed by atoms with Gasteiger partial charge in [-0.25, -0.2) is 5.48 Å². The van der Waals surface area contributed by atoms with Crippen molar-refractivity contribution < 1.29 is 14.3 Å². The van der Waals surface area contributed by atoms with Crippen LogP contribution in [0, 0.1) is 0 Å². The third kappa shape index (κ3) is 6.54. The molecule has 0 aromatic rings. The summed E-state index contributed by atoms with van der Waals surface area (Å²) in [5.74, 6) is 0. The van der Waals surface area contributed by atoms with E-state index in [0.29, 0.717) is 19.8 Å². The highest BCUT2D eigenvalue weighted by Crippen LogP contribution is 2.00. The second kappa shape index (κ2) is 8.93. The lowest BCUT2D eigenvalue weighted by Crippen LogP contribution is -2.21. The molecule has 1 N–H and O–H groups in total. The maximum absolute atomic E-state index is 5.30. The van der Waals surface area contributed by atoms with Gasteiger partial charge in [-0.1, -0.05) is 0 Å². The molecule has 0 aromatic heterocycles. The smallest absolute Gasteiger partial charge is 0.159 e. The Kier molecular flexibility index (Phi) is 8.81. The van der Waals surface area contributed by atoms with Crippen molar-refractivity contribution in [3.05, 3.63) is 0 Å². The molecule has 0 rings (SSSR count). The van der Waals surface area contributed by atoms with Crippen LogP contribution in [0.2, 0.25) is 0 Å². The van der Waals surface area contributed by atoms with Gasteiger partial charge < -0.3 is 14.3 Å². The highest BCUT2D eigenvalue weighted by molar-refractivity contribution is 4.42. The highest BCUT2D eigenvalue weighted by atomic mass is 16.7. The SMILES string of the molecule is CCOC(CCONC)OCC. The van der Waals surface area contributed by atoms with E-state index < -0.39 is 0 Å². The van der Waals surface area contributed by atoms with E-state index in [1.165, 1.54) is 0 Å². The monoisotopic (exact) mass is 177 g/mol. The summed E-state index contributed by atoms with van der Waals surface area (Å²) in [6.07, 6.45) is 0.621. The molecule has 0 aliphatic rings. The average molecular weight is 177 g/mol. The first-order valence-corrected chi connectivity index (χ1v) is 4.36. The Morgan fingerprint density at radius 2 is 1.75 bits per heavy atom. The molecule has 0 amide bonds. The zero-order chi connectivity index (χ0) is 9.23. The molecule has 0 aromatic carbocycles. The van der Waals surface area contributed by atoms with Crippen molar-refractivity contribution in [1.82, 2.24) is 5.48 Å². The van der Waals surface area contributed by atoms with Crippen LogP contribution in [0.3, 0.4) is 0 Å². The molecule has 0 heterocycles. The molecule has 0 radical (unpaired) electrons. The molecule has 0 saturated heterocycles. The number of hydrogen-bond donors (Lipinski definition) is 1. The molecule has 0 spiro atoms. The van der Waals surface area contributed by atoms with Gasteiger partial charge >= 0.3 is 0 Å². The van der Waals surface area contributed by atoms with Crippen molar-refractivity contribution in [2.24, 2.45) is 0 Å². The van der Waals surface area contributed by atoms with E-state index >= 15 is 0 Å². The van der Waals surface area contributed by atoms with Crippen LogP contribution < -0.4 is 5.48 Å². The van der Waals surface area contributed by atoms with E-state index in [1.807, 2.05) is 13.8 Å². The maximum atomic E-state index is 5.30. The molecule has 0 saturated carbocycles. The summed E-state index contributed by atoms with van der Waals surface area (Å²) < 4.78 is 10.6. The fourth-order valence-electron chi connectivity index (χ4n) is 0.844. The molecule has 0 aliphatic heterocycles. The van der Waals surface area contributed by atoms with Gasteiger partial charge in [-0.2, -0.15) is 0 Å². The molecule has 0 fully saturated rings. The van der Waals surface area contributed by atoms with Crippen LogP contribution in [0.25, 0.3) is 0 Å². The van der Waals surface area contributed by atoms with Crippen molar-refractivity contribution in [1.29, 1.82) is 0 Å². The Balaban J connectivity index is 3.34. The second-order valence-corrected chi connectivity index (χ2v) is 2.18. The van der Waals surface area contributed by atoms with Crippen molar-refractivity contribution in [3.63, 3.8) is 0 Å². The normalized spacial score (nSPS) is 11.0. The van der Waals surface area contributed by atoms with E-state index in [2.05, 4.69) is 5.48 Å². The quantitative estimate of drug-likeness (QED) is 0.340. The molecule has 0 bridgehead atoms. The van der Waals surface area contributed by atoms with Crippen molar-refractivity contribution in [3.8, 4) is 0 Å². The van der Waals surface area contributed by atoms with Crippen molar-refractivity contribution in [2.75, 3.05) is 26.9 Å². The minimum absolute atomic E-state index is 0.131. The van der Waals surface area contributed by atoms with E-state index in [0.717, 1.165) is 6.42 Å². The molecule has 4 heteroatoms. The van der Waals surface area contributed by atoms with Gasteiger partial charge in [-0.15, -0.1) is 0 Å². The Morgan fingerprint density at radius 1 is 1.17 bits per heavy atom. The number of ether oxygens (including phenoxy) is 2. The van der Waals surface area contributed by atoms with E-state index in [9.17, 15) is 0 Å². The number of nitrogens with one attached hydrogen (secondary N) is 1. The molecule has 0 atom stereocenters. The summed E-state index contributed by atoms with van der Waals surface area (Å²) in [5, 5.41) is 0. The second-order valence-electron chi connectivity index (χ2n) is 2.18. The van der Waals surface area contributed by atoms with Gasteiger partial charge in [-0.3, -0.25) is 0 Å². The van der Waals surface area contributed by atoms with Gasteiger partial charge in [0.05, 0.1) is 6.61 Å². The first kappa shape index (κ1) is 11.8. The fraction of sp³-hybridized carbons (Fsp3) is 1.00. The van der Waals surface area contributed by atoms with Gasteiger partial charge in [-0.05, 0) is 13.8 Å². The third-order valence-electron chi connectivity index (χ3n) is 1.31. The molecule has 4 nitrogen and oxygen atoms in total. The lowest BCUT2D eigenvalue weighted by molar-refractivity contribution is -0.149. The van der Waals surface area contributed by atoms with Crippen LogP contribution >= 0.6 is 0 Å². The van der Waals surface area contributed by atoms with Crippen molar-refractivity contribution in [2.45, 2.75) is 26.6 Å². The first-order chi connectivity index (χ1) is 5.85. The van der Waals surface area contributed by atoms with Crippen LogP contribution in [-0.2, 0) is 14.3 Å². The van der Waals surface area contributed by atoms with E-state index in [1.54, 1.807) is 7.05 Å². The summed E-state index contributed by atoms with van der Waals surface area (Å²) in [4.78, 5) is 4.95. The fourth-order valence-corrected chi connectivity index (χ4v) is 0.844. The molecule has 12 heavy (non-hydrogen) atoms. The Morgan fingerprint density at radius 3 is 2.17 bits per heavy atom. The number of rotatable bonds is 8. The first-order valence-electron chi connectivity index (χ1n) is 4.36. The van der Waals surface area contributed by atoms with Crippen LogP contribution in [-0.4, -0.2) is 33.2 Å². The van der Waals surface area contributed by atoms with Gasteiger partial charge in [0.2, 0.25) is 0 Å². The Bertz CT molecular complexity index is 84.4. The van der Waals surface area contributed by atoms with Crippen LogP contribution in [0.4, 0.5) is 0 Å². The van der Waals surface area contributed by atoms with E-state index in [4.69, 9.17) is 14.3 Å². The predicted molar refractivity (Wildman–Crippen MR) is 46.7 cm³/mol. The third-order valence-corrected chi connectivity index (χ3v) is 1.31. The Hall–Kier alpha value is -0.160. The molecule has 0 aliphatic carbocycles. The zero-order valence-electron chi connectivity index (χ0n) is 8.13. The number of hydrogen-bond acceptors (Lipinski definition) is 4. The van der Waals surface area contributed by atoms with Crippen LogP contribution in [0.15, 0.2) is 0 Å². The van der Waals surface area contributed by atoms with Gasteiger partial charge in [0.25, 0.3) is 0 Å². The molecule has 74 valence electrons. The van der Waals surface area contributed by atoms with Crippen molar-refractivity contribution >= 4 is 0 Å². The zero-order valence-corrected chi connectivity index (χ0v) is 8.13. The minimum Gasteiger partial charge on any atom is -0.353 e. The van der Waals surface area contributed by atoms with Gasteiger partial charge in [0.15, 0.2) is 6.29 Å². The topological polar surface area (TPSA) is 39.7 Å². The van der Waals surface area contributed by atoms with Gasteiger partial charge in [0, 0.05) is 26.7 Å². The largest absolute Gasteiger partial charge is 0.353 e. The number of hydroxylamine groups is 1. The summed E-state index contributed by atoms with van der Waals surface area (Å²) in [6.45, 7) is 5.84. The van der Waals surface area contributed by atoms with Crippen LogP contribution in [0.1, 0.15) is 20.3 Å². The summed E-state index contributed by atoms with van der Waals surface area (Å²) in [7, 11) is 1.73. The Labute approximate surface area is 74.1 Å². The highest BCUT2D eigenvalue weighted by Gasteiger charge is 2.06. The lowest BCUT2D eigenvalue weighted by atomic mass is 10.4. The maximum Gasteiger partial charge on any atom is 0.159 e. The molecular weight excluding hydrogens is 158 g/mol. The molecular formula is C8H19NO3. The lowest BCUT2D eigenvalue weighted by Gasteiger charge is -2.16. The standard InChI is InChI=1S/C8H19NO3/c1-4-10-8(11-5-2)6-7-12-9-3/h8-9H,4-7H2,1-3H3. The summed E-state index contributed by atoms with van der Waals surface area (Å²) >= 11 is 0. The minimum atomic E-state index is -0.131. The predicted octanol–water partition coefficient (Wildman–Crippen LogP) is 0.927.